The molecule has 1 atom stereocenters. The molecule has 0 spiro atoms. The summed E-state index contributed by atoms with van der Waals surface area (Å²) in [5.41, 5.74) is 2.12. The normalized spacial score (nSPS) is 17.9. The summed E-state index contributed by atoms with van der Waals surface area (Å²) in [7, 11) is 0. The highest BCUT2D eigenvalue weighted by Crippen LogP contribution is 2.25. The number of hydrogen-bond acceptors (Lipinski definition) is 3. The van der Waals surface area contributed by atoms with E-state index in [0.717, 1.165) is 17.8 Å². The second-order valence-corrected chi connectivity index (χ2v) is 5.18. The van der Waals surface area contributed by atoms with Crippen LogP contribution in [0.5, 0.6) is 0 Å². The molecule has 2 aromatic rings. The van der Waals surface area contributed by atoms with Crippen LogP contribution in [0.1, 0.15) is 27.7 Å². The molecule has 118 valence electrons. The third-order valence-corrected chi connectivity index (χ3v) is 3.80. The third-order valence-electron chi connectivity index (χ3n) is 3.80. The Morgan fingerprint density at radius 2 is 2.27 bits per heavy atom. The van der Waals surface area contributed by atoms with Gasteiger partial charge in [-0.05, 0) is 24.6 Å². The van der Waals surface area contributed by atoms with Gasteiger partial charge in [-0.1, -0.05) is 12.1 Å². The summed E-state index contributed by atoms with van der Waals surface area (Å²) in [5.74, 6) is -0.359. The topological polar surface area (TPSA) is 61.0 Å². The fraction of sp³-hybridized carbons (Fsp3) is 0.333. The van der Waals surface area contributed by atoms with Gasteiger partial charge >= 0.3 is 0 Å². The van der Waals surface area contributed by atoms with E-state index in [2.05, 4.69) is 15.5 Å². The molecule has 2 N–H and O–H groups in total. The monoisotopic (exact) mass is 324 g/mol. The van der Waals surface area contributed by atoms with Crippen molar-refractivity contribution in [2.75, 3.05) is 19.6 Å². The predicted molar refractivity (Wildman–Crippen MR) is 83.6 cm³/mol. The fourth-order valence-electron chi connectivity index (χ4n) is 2.68. The number of carbonyl (C=O) groups excluding carboxylic acids is 1. The average molecular weight is 325 g/mol. The van der Waals surface area contributed by atoms with Crippen LogP contribution in [0, 0.1) is 12.7 Å². The summed E-state index contributed by atoms with van der Waals surface area (Å²) in [4.78, 5) is 14.5. The predicted octanol–water partition coefficient (Wildman–Crippen LogP) is 2.07. The number of halogens is 2. The zero-order chi connectivity index (χ0) is 14.8. The maximum Gasteiger partial charge on any atom is 0.257 e. The second-order valence-electron chi connectivity index (χ2n) is 5.18. The Morgan fingerprint density at radius 1 is 1.45 bits per heavy atom. The molecule has 2 heterocycles. The largest absolute Gasteiger partial charge is 0.329 e. The highest BCUT2D eigenvalue weighted by molar-refractivity contribution is 5.95. The van der Waals surface area contributed by atoms with Crippen molar-refractivity contribution in [2.24, 2.45) is 0 Å². The highest BCUT2D eigenvalue weighted by Gasteiger charge is 2.30. The van der Waals surface area contributed by atoms with E-state index in [1.165, 1.54) is 12.1 Å². The molecule has 1 fully saturated rings. The van der Waals surface area contributed by atoms with Crippen LogP contribution >= 0.6 is 12.4 Å². The quantitative estimate of drug-likeness (QED) is 0.889. The minimum Gasteiger partial charge on any atom is -0.329 e. The van der Waals surface area contributed by atoms with Gasteiger partial charge in [-0.15, -0.1) is 12.4 Å². The number of carbonyl (C=O) groups is 1. The van der Waals surface area contributed by atoms with Crippen LogP contribution in [0.4, 0.5) is 4.39 Å². The van der Waals surface area contributed by atoms with Crippen molar-refractivity contribution in [1.29, 1.82) is 0 Å². The van der Waals surface area contributed by atoms with E-state index in [9.17, 15) is 9.18 Å². The molecule has 0 saturated carbocycles. The zero-order valence-electron chi connectivity index (χ0n) is 12.2. The van der Waals surface area contributed by atoms with Gasteiger partial charge in [0.05, 0.1) is 17.8 Å². The number of aryl methyl sites for hydroxylation is 1. The number of aromatic amines is 1. The van der Waals surface area contributed by atoms with E-state index in [1.54, 1.807) is 17.2 Å². The number of aromatic nitrogens is 2. The zero-order valence-corrected chi connectivity index (χ0v) is 13.0. The highest BCUT2D eigenvalue weighted by atomic mass is 35.5. The van der Waals surface area contributed by atoms with Crippen LogP contribution in [-0.2, 0) is 0 Å². The summed E-state index contributed by atoms with van der Waals surface area (Å²) in [6.45, 7) is 3.75. The van der Waals surface area contributed by atoms with Crippen molar-refractivity contribution in [3.8, 4) is 0 Å². The Morgan fingerprint density at radius 3 is 2.95 bits per heavy atom. The van der Waals surface area contributed by atoms with Gasteiger partial charge in [0.2, 0.25) is 0 Å². The molecule has 1 unspecified atom stereocenters. The first-order valence-electron chi connectivity index (χ1n) is 6.94. The van der Waals surface area contributed by atoms with Gasteiger partial charge in [-0.25, -0.2) is 4.39 Å². The first-order chi connectivity index (χ1) is 10.2. The maximum atomic E-state index is 13.4. The van der Waals surface area contributed by atoms with Gasteiger partial charge in [0, 0.05) is 25.3 Å². The first kappa shape index (κ1) is 16.5. The number of nitrogens with zero attached hydrogens (tertiary/aromatic N) is 2. The molecule has 7 heteroatoms. The Labute approximate surface area is 134 Å². The van der Waals surface area contributed by atoms with Gasteiger partial charge in [0.1, 0.15) is 5.82 Å². The van der Waals surface area contributed by atoms with Gasteiger partial charge in [-0.2, -0.15) is 5.10 Å². The minimum atomic E-state index is -0.287. The van der Waals surface area contributed by atoms with E-state index in [1.807, 2.05) is 13.0 Å². The average Bonchev–Trinajstić information content (AvgIpc) is 2.93. The molecular formula is C15H18ClFN4O. The Balaban J connectivity index is 0.00000176. The standard InChI is InChI=1S/C15H17FN4O.ClH/c1-10-13(8-18-19-10)15(21)20-6-5-17-9-14(20)11-3-2-4-12(16)7-11;/h2-4,7-8,14,17H,5-6,9H2,1H3,(H,18,19);1H. The van der Waals surface area contributed by atoms with Crippen molar-refractivity contribution < 1.29 is 9.18 Å². The number of hydrogen-bond donors (Lipinski definition) is 2. The third kappa shape index (κ3) is 3.13. The molecule has 0 radical (unpaired) electrons. The molecule has 3 rings (SSSR count). The van der Waals surface area contributed by atoms with E-state index in [4.69, 9.17) is 0 Å². The van der Waals surface area contributed by atoms with Crippen LogP contribution in [0.25, 0.3) is 0 Å². The van der Waals surface area contributed by atoms with Crippen molar-refractivity contribution in [3.05, 3.63) is 53.1 Å². The molecule has 1 aliphatic rings. The lowest BCUT2D eigenvalue weighted by Gasteiger charge is -2.36. The molecule has 5 nitrogen and oxygen atoms in total. The van der Waals surface area contributed by atoms with Crippen molar-refractivity contribution >= 4 is 18.3 Å². The summed E-state index contributed by atoms with van der Waals surface area (Å²) < 4.78 is 13.4. The molecule has 1 aromatic carbocycles. The van der Waals surface area contributed by atoms with Crippen LogP contribution in [0.2, 0.25) is 0 Å². The van der Waals surface area contributed by atoms with E-state index < -0.39 is 0 Å². The Hall–Kier alpha value is -1.92. The molecule has 1 aromatic heterocycles. The van der Waals surface area contributed by atoms with Crippen molar-refractivity contribution in [2.45, 2.75) is 13.0 Å². The summed E-state index contributed by atoms with van der Waals surface area (Å²) in [5, 5.41) is 9.94. The number of piperazine rings is 1. The summed E-state index contributed by atoms with van der Waals surface area (Å²) >= 11 is 0. The molecular weight excluding hydrogens is 307 g/mol. The summed E-state index contributed by atoms with van der Waals surface area (Å²) in [6.07, 6.45) is 1.54. The lowest BCUT2D eigenvalue weighted by molar-refractivity contribution is 0.0633. The Bertz CT molecular complexity index is 660. The van der Waals surface area contributed by atoms with E-state index in [-0.39, 0.29) is 30.2 Å². The van der Waals surface area contributed by atoms with E-state index in [0.29, 0.717) is 18.7 Å². The Kier molecular flexibility index (Phi) is 5.15. The van der Waals surface area contributed by atoms with Gasteiger partial charge < -0.3 is 10.2 Å². The molecule has 22 heavy (non-hydrogen) atoms. The lowest BCUT2D eigenvalue weighted by Crippen LogP contribution is -2.48. The van der Waals surface area contributed by atoms with Gasteiger partial charge in [-0.3, -0.25) is 9.89 Å². The molecule has 1 aliphatic heterocycles. The van der Waals surface area contributed by atoms with Crippen LogP contribution < -0.4 is 5.32 Å². The number of benzene rings is 1. The van der Waals surface area contributed by atoms with Crippen molar-refractivity contribution in [3.63, 3.8) is 0 Å². The number of H-pyrrole nitrogens is 1. The minimum absolute atomic E-state index is 0. The van der Waals surface area contributed by atoms with Crippen molar-refractivity contribution in [1.82, 2.24) is 20.4 Å². The van der Waals surface area contributed by atoms with Crippen LogP contribution in [-0.4, -0.2) is 40.6 Å². The molecule has 0 bridgehead atoms. The van der Waals surface area contributed by atoms with Crippen LogP contribution in [0.15, 0.2) is 30.5 Å². The fourth-order valence-corrected chi connectivity index (χ4v) is 2.68. The maximum absolute atomic E-state index is 13.4. The van der Waals surface area contributed by atoms with Gasteiger partial charge in [0.15, 0.2) is 0 Å². The number of nitrogens with one attached hydrogen (secondary N) is 2. The molecule has 0 aliphatic carbocycles. The van der Waals surface area contributed by atoms with Crippen LogP contribution in [0.3, 0.4) is 0 Å². The smallest absolute Gasteiger partial charge is 0.257 e. The number of rotatable bonds is 2. The first-order valence-corrected chi connectivity index (χ1v) is 6.94. The second kappa shape index (κ2) is 6.89. The van der Waals surface area contributed by atoms with Gasteiger partial charge in [0.25, 0.3) is 5.91 Å². The lowest BCUT2D eigenvalue weighted by atomic mass is 10.0. The summed E-state index contributed by atoms with van der Waals surface area (Å²) in [6, 6.07) is 6.25. The van der Waals surface area contributed by atoms with E-state index >= 15 is 0 Å². The SMILES string of the molecule is Cc1[nH]ncc1C(=O)N1CCNCC1c1cccc(F)c1.Cl. The molecule has 1 saturated heterocycles. The molecule has 1 amide bonds. The number of amides is 1.